The molecule has 0 unspecified atom stereocenters. The largest absolute Gasteiger partial charge is 0.300 e. The summed E-state index contributed by atoms with van der Waals surface area (Å²) in [6, 6.07) is 15.1. The third-order valence-corrected chi connectivity index (χ3v) is 3.03. The molecule has 0 aliphatic carbocycles. The Morgan fingerprint density at radius 2 is 1.42 bits per heavy atom. The molecule has 0 radical (unpaired) electrons. The third-order valence-electron chi connectivity index (χ3n) is 2.50. The number of carbonyl (C=O) groups excluding carboxylic acids is 1. The van der Waals surface area contributed by atoms with E-state index in [0.717, 1.165) is 21.4 Å². The lowest BCUT2D eigenvalue weighted by Gasteiger charge is -1.98. The molecule has 0 aliphatic rings. The van der Waals surface area contributed by atoms with E-state index in [0.29, 0.717) is 6.42 Å². The van der Waals surface area contributed by atoms with Gasteiger partial charge in [-0.1, -0.05) is 28.1 Å². The van der Waals surface area contributed by atoms with E-state index in [2.05, 4.69) is 26.2 Å². The molecule has 0 amide bonds. The first kappa shape index (κ1) is 13.6. The summed E-state index contributed by atoms with van der Waals surface area (Å²) in [7, 11) is 0. The fraction of sp³-hybridized carbons (Fsp3) is 0.133. The lowest BCUT2D eigenvalue weighted by Crippen LogP contribution is -1.94. The molecule has 0 N–H and O–H groups in total. The first-order valence-electron chi connectivity index (χ1n) is 5.89. The second-order valence-corrected chi connectivity index (χ2v) is 5.14. The van der Waals surface area contributed by atoms with Crippen molar-refractivity contribution >= 4 is 33.1 Å². The maximum absolute atomic E-state index is 11.0. The van der Waals surface area contributed by atoms with Gasteiger partial charge < -0.3 is 0 Å². The van der Waals surface area contributed by atoms with Crippen molar-refractivity contribution in [1.29, 1.82) is 0 Å². The van der Waals surface area contributed by atoms with Crippen LogP contribution in [0.15, 0.2) is 63.2 Å². The van der Waals surface area contributed by atoms with Crippen molar-refractivity contribution in [1.82, 2.24) is 0 Å². The van der Waals surface area contributed by atoms with E-state index < -0.39 is 0 Å². The molecule has 0 aromatic heterocycles. The average Bonchev–Trinajstić information content (AvgIpc) is 2.39. The number of benzene rings is 2. The van der Waals surface area contributed by atoms with Crippen molar-refractivity contribution in [3.8, 4) is 0 Å². The van der Waals surface area contributed by atoms with Crippen molar-refractivity contribution < 1.29 is 4.79 Å². The van der Waals surface area contributed by atoms with Crippen LogP contribution in [0.5, 0.6) is 0 Å². The zero-order chi connectivity index (χ0) is 13.7. The van der Waals surface area contributed by atoms with E-state index in [1.165, 1.54) is 0 Å². The number of halogens is 1. The number of carbonyl (C=O) groups is 1. The zero-order valence-electron chi connectivity index (χ0n) is 10.5. The van der Waals surface area contributed by atoms with Crippen LogP contribution in [0.2, 0.25) is 0 Å². The highest BCUT2D eigenvalue weighted by Crippen LogP contribution is 2.20. The van der Waals surface area contributed by atoms with Crippen LogP contribution in [-0.2, 0) is 11.2 Å². The Hall–Kier alpha value is -1.81. The highest BCUT2D eigenvalue weighted by atomic mass is 79.9. The molecule has 0 atom stereocenters. The fourth-order valence-corrected chi connectivity index (χ4v) is 1.86. The summed E-state index contributed by atoms with van der Waals surface area (Å²) in [6.07, 6.45) is 0.462. The summed E-state index contributed by atoms with van der Waals surface area (Å²) in [6.45, 7) is 1.58. The predicted molar refractivity (Wildman–Crippen MR) is 79.1 cm³/mol. The number of hydrogen-bond donors (Lipinski definition) is 0. The molecule has 2 rings (SSSR count). The molecule has 96 valence electrons. The number of ketones is 1. The van der Waals surface area contributed by atoms with Gasteiger partial charge in [0, 0.05) is 10.9 Å². The molecule has 0 aliphatic heterocycles. The van der Waals surface area contributed by atoms with E-state index in [9.17, 15) is 4.79 Å². The standard InChI is InChI=1S/C15H13BrN2O/c1-11(19)10-12-2-6-14(7-3-12)17-18-15-8-4-13(16)5-9-15/h2-9H,10H2,1H3. The summed E-state index contributed by atoms with van der Waals surface area (Å²) in [5.41, 5.74) is 2.57. The van der Waals surface area contributed by atoms with E-state index in [-0.39, 0.29) is 5.78 Å². The molecule has 2 aromatic rings. The van der Waals surface area contributed by atoms with Crippen LogP contribution >= 0.6 is 15.9 Å². The maximum atomic E-state index is 11.0. The summed E-state index contributed by atoms with van der Waals surface area (Å²) >= 11 is 3.37. The number of Topliss-reactive ketones (excluding diaryl/α,β-unsaturated/α-hetero) is 1. The Balaban J connectivity index is 2.06. The second kappa shape index (κ2) is 6.38. The molecule has 2 aromatic carbocycles. The molecular formula is C15H13BrN2O. The quantitative estimate of drug-likeness (QED) is 0.732. The van der Waals surface area contributed by atoms with Gasteiger partial charge in [0.2, 0.25) is 0 Å². The Kier molecular flexibility index (Phi) is 4.58. The Bertz CT molecular complexity index is 589. The van der Waals surface area contributed by atoms with Gasteiger partial charge in [0.05, 0.1) is 11.4 Å². The number of rotatable bonds is 4. The Morgan fingerprint density at radius 3 is 1.89 bits per heavy atom. The number of nitrogens with zero attached hydrogens (tertiary/aromatic N) is 2. The van der Waals surface area contributed by atoms with Crippen molar-refractivity contribution in [2.24, 2.45) is 10.2 Å². The second-order valence-electron chi connectivity index (χ2n) is 4.22. The van der Waals surface area contributed by atoms with Gasteiger partial charge in [-0.25, -0.2) is 0 Å². The predicted octanol–water partition coefficient (Wildman–Crippen LogP) is 5.00. The van der Waals surface area contributed by atoms with Crippen LogP contribution in [0.4, 0.5) is 11.4 Å². The molecule has 0 fully saturated rings. The first-order valence-corrected chi connectivity index (χ1v) is 6.68. The first-order chi connectivity index (χ1) is 9.13. The minimum absolute atomic E-state index is 0.157. The van der Waals surface area contributed by atoms with E-state index >= 15 is 0 Å². The summed E-state index contributed by atoms with van der Waals surface area (Å²) in [4.78, 5) is 11.0. The Morgan fingerprint density at radius 1 is 0.947 bits per heavy atom. The van der Waals surface area contributed by atoms with Gasteiger partial charge in [-0.2, -0.15) is 10.2 Å². The summed E-state index contributed by atoms with van der Waals surface area (Å²) in [5, 5.41) is 8.30. The van der Waals surface area contributed by atoms with Crippen LogP contribution in [0.1, 0.15) is 12.5 Å². The number of azo groups is 1. The van der Waals surface area contributed by atoms with E-state index in [4.69, 9.17) is 0 Å². The van der Waals surface area contributed by atoms with Crippen molar-refractivity contribution in [2.75, 3.05) is 0 Å². The molecule has 0 bridgehead atoms. The molecule has 4 heteroatoms. The normalized spacial score (nSPS) is 10.8. The molecule has 0 heterocycles. The van der Waals surface area contributed by atoms with Crippen molar-refractivity contribution in [3.05, 3.63) is 58.6 Å². The molecule has 19 heavy (non-hydrogen) atoms. The van der Waals surface area contributed by atoms with E-state index in [1.54, 1.807) is 6.92 Å². The van der Waals surface area contributed by atoms with Gasteiger partial charge >= 0.3 is 0 Å². The van der Waals surface area contributed by atoms with Crippen LogP contribution < -0.4 is 0 Å². The fourth-order valence-electron chi connectivity index (χ4n) is 1.59. The van der Waals surface area contributed by atoms with Crippen LogP contribution in [0, 0.1) is 0 Å². The highest BCUT2D eigenvalue weighted by Gasteiger charge is 1.97. The maximum Gasteiger partial charge on any atom is 0.134 e. The lowest BCUT2D eigenvalue weighted by atomic mass is 10.1. The van der Waals surface area contributed by atoms with Crippen LogP contribution in [-0.4, -0.2) is 5.78 Å². The van der Waals surface area contributed by atoms with Gasteiger partial charge in [-0.3, -0.25) is 4.79 Å². The Labute approximate surface area is 120 Å². The SMILES string of the molecule is CC(=O)Cc1ccc(N=Nc2ccc(Br)cc2)cc1. The minimum Gasteiger partial charge on any atom is -0.300 e. The van der Waals surface area contributed by atoms with Gasteiger partial charge in [-0.15, -0.1) is 0 Å². The summed E-state index contributed by atoms with van der Waals surface area (Å²) in [5.74, 6) is 0.157. The van der Waals surface area contributed by atoms with Gasteiger partial charge in [-0.05, 0) is 48.9 Å². The summed E-state index contributed by atoms with van der Waals surface area (Å²) < 4.78 is 1.01. The van der Waals surface area contributed by atoms with Crippen molar-refractivity contribution in [3.63, 3.8) is 0 Å². The smallest absolute Gasteiger partial charge is 0.134 e. The number of hydrogen-bond acceptors (Lipinski definition) is 3. The van der Waals surface area contributed by atoms with Gasteiger partial charge in [0.25, 0.3) is 0 Å². The molecular weight excluding hydrogens is 304 g/mol. The minimum atomic E-state index is 0.157. The molecule has 3 nitrogen and oxygen atoms in total. The monoisotopic (exact) mass is 316 g/mol. The van der Waals surface area contributed by atoms with Crippen molar-refractivity contribution in [2.45, 2.75) is 13.3 Å². The van der Waals surface area contributed by atoms with Crippen LogP contribution in [0.3, 0.4) is 0 Å². The molecule has 0 saturated carbocycles. The topological polar surface area (TPSA) is 41.8 Å². The average molecular weight is 317 g/mol. The lowest BCUT2D eigenvalue weighted by molar-refractivity contribution is -0.116. The molecule has 0 saturated heterocycles. The van der Waals surface area contributed by atoms with E-state index in [1.807, 2.05) is 48.5 Å². The highest BCUT2D eigenvalue weighted by molar-refractivity contribution is 9.10. The van der Waals surface area contributed by atoms with Crippen LogP contribution in [0.25, 0.3) is 0 Å². The zero-order valence-corrected chi connectivity index (χ0v) is 12.1. The van der Waals surface area contributed by atoms with Gasteiger partial charge in [0.15, 0.2) is 0 Å². The molecule has 0 spiro atoms. The van der Waals surface area contributed by atoms with Gasteiger partial charge in [0.1, 0.15) is 5.78 Å². The third kappa shape index (κ3) is 4.41.